The summed E-state index contributed by atoms with van der Waals surface area (Å²) in [7, 11) is 1.58. The highest BCUT2D eigenvalue weighted by Gasteiger charge is 2.17. The first-order valence-electron chi connectivity index (χ1n) is 8.22. The van der Waals surface area contributed by atoms with Crippen molar-refractivity contribution in [2.45, 2.75) is 26.2 Å². The first-order valence-corrected chi connectivity index (χ1v) is 8.22. The number of nitrogens with one attached hydrogen (secondary N) is 1. The minimum absolute atomic E-state index is 0.261. The zero-order valence-corrected chi connectivity index (χ0v) is 14.1. The number of para-hydroxylation sites is 2. The average molecular weight is 326 g/mol. The predicted molar refractivity (Wildman–Crippen MR) is 93.8 cm³/mol. The Morgan fingerprint density at radius 1 is 1.17 bits per heavy atom. The van der Waals surface area contributed by atoms with Gasteiger partial charge in [-0.25, -0.2) is 9.97 Å². The number of rotatable bonds is 4. The number of ether oxygens (including phenoxy) is 1. The number of aromatic nitrogens is 2. The molecule has 1 amide bonds. The summed E-state index contributed by atoms with van der Waals surface area (Å²) in [6.07, 6.45) is 3.57. The van der Waals surface area contributed by atoms with Gasteiger partial charge in [0.05, 0.1) is 12.8 Å². The molecule has 1 saturated heterocycles. The fourth-order valence-corrected chi connectivity index (χ4v) is 2.89. The van der Waals surface area contributed by atoms with E-state index in [2.05, 4.69) is 20.2 Å². The molecule has 0 bridgehead atoms. The third kappa shape index (κ3) is 3.64. The third-order valence-electron chi connectivity index (χ3n) is 4.09. The maximum Gasteiger partial charge on any atom is 0.274 e. The van der Waals surface area contributed by atoms with Crippen LogP contribution in [0.1, 0.15) is 35.6 Å². The van der Waals surface area contributed by atoms with Crippen molar-refractivity contribution in [3.05, 3.63) is 41.9 Å². The molecule has 0 saturated carbocycles. The zero-order chi connectivity index (χ0) is 16.9. The number of methoxy groups -OCH3 is 1. The van der Waals surface area contributed by atoms with Gasteiger partial charge in [-0.15, -0.1) is 0 Å². The molecule has 1 fully saturated rings. The number of carbonyl (C=O) groups is 1. The Bertz CT molecular complexity index is 727. The lowest BCUT2D eigenvalue weighted by atomic mass is 10.1. The van der Waals surface area contributed by atoms with Crippen LogP contribution in [0.5, 0.6) is 5.75 Å². The van der Waals surface area contributed by atoms with Gasteiger partial charge in [-0.05, 0) is 38.3 Å². The molecule has 1 aromatic heterocycles. The second kappa shape index (κ2) is 7.29. The predicted octanol–water partition coefficient (Wildman–Crippen LogP) is 3.04. The molecule has 0 radical (unpaired) electrons. The molecular formula is C18H22N4O2. The second-order valence-corrected chi connectivity index (χ2v) is 5.86. The smallest absolute Gasteiger partial charge is 0.274 e. The van der Waals surface area contributed by atoms with Gasteiger partial charge in [0.15, 0.2) is 0 Å². The van der Waals surface area contributed by atoms with Gasteiger partial charge in [-0.2, -0.15) is 0 Å². The Balaban J connectivity index is 1.83. The van der Waals surface area contributed by atoms with Crippen LogP contribution in [0.4, 0.5) is 11.5 Å². The number of benzene rings is 1. The van der Waals surface area contributed by atoms with E-state index in [0.717, 1.165) is 31.7 Å². The molecule has 6 nitrogen and oxygen atoms in total. The van der Waals surface area contributed by atoms with Crippen molar-refractivity contribution in [1.82, 2.24) is 9.97 Å². The fraction of sp³-hybridized carbons (Fsp3) is 0.389. The Morgan fingerprint density at radius 2 is 1.92 bits per heavy atom. The van der Waals surface area contributed by atoms with Crippen LogP contribution in [-0.4, -0.2) is 36.1 Å². The Morgan fingerprint density at radius 3 is 2.67 bits per heavy atom. The summed E-state index contributed by atoms with van der Waals surface area (Å²) in [6, 6.07) is 9.08. The minimum Gasteiger partial charge on any atom is -0.495 e. The number of aryl methyl sites for hydroxylation is 1. The van der Waals surface area contributed by atoms with E-state index in [1.807, 2.05) is 19.1 Å². The molecule has 0 atom stereocenters. The lowest BCUT2D eigenvalue weighted by Gasteiger charge is -2.28. The summed E-state index contributed by atoms with van der Waals surface area (Å²) >= 11 is 0. The summed E-state index contributed by atoms with van der Waals surface area (Å²) in [5, 5.41) is 2.86. The number of hydrogen-bond donors (Lipinski definition) is 1. The molecule has 1 aliphatic heterocycles. The maximum absolute atomic E-state index is 12.6. The minimum atomic E-state index is -0.261. The molecule has 2 heterocycles. The van der Waals surface area contributed by atoms with Crippen LogP contribution in [0.3, 0.4) is 0 Å². The van der Waals surface area contributed by atoms with Crippen LogP contribution in [0.25, 0.3) is 0 Å². The van der Waals surface area contributed by atoms with E-state index in [4.69, 9.17) is 4.74 Å². The van der Waals surface area contributed by atoms with Crippen LogP contribution in [0.2, 0.25) is 0 Å². The Hall–Kier alpha value is -2.63. The fourth-order valence-electron chi connectivity index (χ4n) is 2.89. The second-order valence-electron chi connectivity index (χ2n) is 5.86. The molecule has 0 aliphatic carbocycles. The van der Waals surface area contributed by atoms with Gasteiger partial charge in [-0.1, -0.05) is 12.1 Å². The van der Waals surface area contributed by atoms with E-state index in [-0.39, 0.29) is 5.91 Å². The van der Waals surface area contributed by atoms with Gasteiger partial charge in [0.2, 0.25) is 0 Å². The van der Waals surface area contributed by atoms with Gasteiger partial charge in [-0.3, -0.25) is 4.79 Å². The van der Waals surface area contributed by atoms with Crippen molar-refractivity contribution in [1.29, 1.82) is 0 Å². The molecular weight excluding hydrogens is 304 g/mol. The monoisotopic (exact) mass is 326 g/mol. The molecule has 0 unspecified atom stereocenters. The summed E-state index contributed by atoms with van der Waals surface area (Å²) in [5.74, 6) is 1.78. The highest BCUT2D eigenvalue weighted by atomic mass is 16.5. The van der Waals surface area contributed by atoms with Gasteiger partial charge < -0.3 is 15.0 Å². The quantitative estimate of drug-likeness (QED) is 0.935. The van der Waals surface area contributed by atoms with E-state index < -0.39 is 0 Å². The van der Waals surface area contributed by atoms with Crippen molar-refractivity contribution in [3.8, 4) is 5.75 Å². The van der Waals surface area contributed by atoms with Crippen LogP contribution in [-0.2, 0) is 0 Å². The van der Waals surface area contributed by atoms with Crippen molar-refractivity contribution in [2.75, 3.05) is 30.4 Å². The SMILES string of the molecule is COc1ccccc1NC(=O)c1cc(N2CCCCC2)nc(C)n1. The van der Waals surface area contributed by atoms with Gasteiger partial charge in [0.25, 0.3) is 5.91 Å². The van der Waals surface area contributed by atoms with Gasteiger partial charge in [0, 0.05) is 19.2 Å². The van der Waals surface area contributed by atoms with Crippen LogP contribution in [0.15, 0.2) is 30.3 Å². The molecule has 1 N–H and O–H groups in total. The summed E-state index contributed by atoms with van der Waals surface area (Å²) < 4.78 is 5.27. The molecule has 3 rings (SSSR count). The third-order valence-corrected chi connectivity index (χ3v) is 4.09. The lowest BCUT2D eigenvalue weighted by Crippen LogP contribution is -2.31. The van der Waals surface area contributed by atoms with Crippen LogP contribution in [0, 0.1) is 6.92 Å². The Labute approximate surface area is 141 Å². The van der Waals surface area contributed by atoms with Crippen molar-refractivity contribution >= 4 is 17.4 Å². The number of nitrogens with zero attached hydrogens (tertiary/aromatic N) is 3. The van der Waals surface area contributed by atoms with E-state index in [1.54, 1.807) is 25.3 Å². The summed E-state index contributed by atoms with van der Waals surface area (Å²) in [4.78, 5) is 23.6. The molecule has 1 aliphatic rings. The van der Waals surface area contributed by atoms with Crippen molar-refractivity contribution < 1.29 is 9.53 Å². The van der Waals surface area contributed by atoms with Crippen molar-refractivity contribution in [3.63, 3.8) is 0 Å². The number of carbonyl (C=O) groups excluding carboxylic acids is 1. The van der Waals surface area contributed by atoms with Crippen molar-refractivity contribution in [2.24, 2.45) is 0 Å². The Kier molecular flexibility index (Phi) is 4.93. The van der Waals surface area contributed by atoms with E-state index in [1.165, 1.54) is 6.42 Å². The first kappa shape index (κ1) is 16.2. The molecule has 0 spiro atoms. The average Bonchev–Trinajstić information content (AvgIpc) is 2.62. The van der Waals surface area contributed by atoms with Crippen LogP contribution >= 0.6 is 0 Å². The molecule has 24 heavy (non-hydrogen) atoms. The largest absolute Gasteiger partial charge is 0.495 e. The molecule has 6 heteroatoms. The molecule has 2 aromatic rings. The van der Waals surface area contributed by atoms with E-state index >= 15 is 0 Å². The topological polar surface area (TPSA) is 67.3 Å². The summed E-state index contributed by atoms with van der Waals surface area (Å²) in [6.45, 7) is 3.77. The first-order chi connectivity index (χ1) is 11.7. The maximum atomic E-state index is 12.6. The molecule has 1 aromatic carbocycles. The number of amides is 1. The zero-order valence-electron chi connectivity index (χ0n) is 14.1. The van der Waals surface area contributed by atoms with E-state index in [0.29, 0.717) is 23.0 Å². The van der Waals surface area contributed by atoms with Gasteiger partial charge in [0.1, 0.15) is 23.1 Å². The standard InChI is InChI=1S/C18H22N4O2/c1-13-19-15(12-17(20-13)22-10-6-3-7-11-22)18(23)21-14-8-4-5-9-16(14)24-2/h4-5,8-9,12H,3,6-7,10-11H2,1-2H3,(H,21,23). The number of anilines is 2. The lowest BCUT2D eigenvalue weighted by molar-refractivity contribution is 0.102. The number of hydrogen-bond acceptors (Lipinski definition) is 5. The van der Waals surface area contributed by atoms with E-state index in [9.17, 15) is 4.79 Å². The van der Waals surface area contributed by atoms with Crippen LogP contribution < -0.4 is 15.0 Å². The number of piperidine rings is 1. The van der Waals surface area contributed by atoms with Gasteiger partial charge >= 0.3 is 0 Å². The summed E-state index contributed by atoms with van der Waals surface area (Å²) in [5.41, 5.74) is 0.995. The highest BCUT2D eigenvalue weighted by Crippen LogP contribution is 2.24. The highest BCUT2D eigenvalue weighted by molar-refractivity contribution is 6.04. The normalized spacial score (nSPS) is 14.3. The molecule has 126 valence electrons.